The first kappa shape index (κ1) is 34.1. The van der Waals surface area contributed by atoms with E-state index in [1.807, 2.05) is 0 Å². The zero-order valence-corrected chi connectivity index (χ0v) is 21.3. The van der Waals surface area contributed by atoms with Crippen molar-refractivity contribution >= 4 is 29.7 Å². The summed E-state index contributed by atoms with van der Waals surface area (Å²) < 4.78 is 4.47. The van der Waals surface area contributed by atoms with E-state index in [0.29, 0.717) is 65.4 Å². The Bertz CT molecular complexity index is 683. The maximum absolute atomic E-state index is 11.8. The summed E-state index contributed by atoms with van der Waals surface area (Å²) >= 11 is 0. The molecule has 16 nitrogen and oxygen atoms in total. The number of carbonyl (C=O) groups excluding carboxylic acids is 3. The van der Waals surface area contributed by atoms with Crippen molar-refractivity contribution in [2.45, 2.75) is 12.5 Å². The molecule has 10 N–H and O–H groups in total. The van der Waals surface area contributed by atoms with Gasteiger partial charge in [-0.3, -0.25) is 24.0 Å². The van der Waals surface area contributed by atoms with Crippen molar-refractivity contribution < 1.29 is 38.9 Å². The molecule has 0 aromatic heterocycles. The number of nitrogens with one attached hydrogen (secondary N) is 8. The number of aliphatic carboxylic acids is 2. The highest BCUT2D eigenvalue weighted by molar-refractivity contribution is 5.81. The van der Waals surface area contributed by atoms with Crippen molar-refractivity contribution in [1.29, 1.82) is 0 Å². The average molecular weight is 535 g/mol. The van der Waals surface area contributed by atoms with Crippen molar-refractivity contribution in [3.63, 3.8) is 0 Å². The molecule has 1 unspecified atom stereocenters. The third-order valence-corrected chi connectivity index (χ3v) is 4.64. The smallest absolute Gasteiger partial charge is 0.321 e. The summed E-state index contributed by atoms with van der Waals surface area (Å²) in [5.41, 5.74) is 0. The zero-order valence-electron chi connectivity index (χ0n) is 21.3. The second-order valence-corrected chi connectivity index (χ2v) is 7.75. The second kappa shape index (κ2) is 23.5. The van der Waals surface area contributed by atoms with Gasteiger partial charge in [0, 0.05) is 65.4 Å². The molecule has 0 heterocycles. The van der Waals surface area contributed by atoms with Crippen LogP contribution in [0, 0.1) is 0 Å². The Hall–Kier alpha value is -2.89. The third-order valence-electron chi connectivity index (χ3n) is 4.64. The lowest BCUT2D eigenvalue weighted by molar-refractivity contribution is -0.147. The number of rotatable bonds is 25. The van der Waals surface area contributed by atoms with Crippen molar-refractivity contribution in [3.8, 4) is 0 Å². The van der Waals surface area contributed by atoms with E-state index < -0.39 is 23.9 Å². The average Bonchev–Trinajstić information content (AvgIpc) is 2.85. The van der Waals surface area contributed by atoms with Crippen LogP contribution in [-0.4, -0.2) is 138 Å². The van der Waals surface area contributed by atoms with Crippen LogP contribution in [0.5, 0.6) is 0 Å². The van der Waals surface area contributed by atoms with Gasteiger partial charge in [0.1, 0.15) is 6.04 Å². The molecule has 0 radical (unpaired) electrons. The minimum atomic E-state index is -1.13. The van der Waals surface area contributed by atoms with Crippen LogP contribution in [0.2, 0.25) is 0 Å². The SMILES string of the molecule is COC(=O)CC(NCCNCCNCC(=O)NCCNC(=O)CNCCNCCNCC(=O)O)C(=O)O. The molecule has 0 spiro atoms. The van der Waals surface area contributed by atoms with Gasteiger partial charge >= 0.3 is 17.9 Å². The molecular formula is C21H42N8O8. The lowest BCUT2D eigenvalue weighted by Gasteiger charge is -2.13. The standard InChI is InChI=1S/C21H42N8O8/c1-37-20(34)12-16(21(35)36)27-9-8-23-3-6-25-14-18(31)29-11-10-28-17(30)13-24-5-2-22-4-7-26-15-19(32)33/h16,22-27H,2-15H2,1H3,(H,28,30)(H,29,31)(H,32,33)(H,35,36). The molecular weight excluding hydrogens is 492 g/mol. The molecule has 1 atom stereocenters. The molecule has 0 aromatic carbocycles. The first-order chi connectivity index (χ1) is 17.8. The van der Waals surface area contributed by atoms with Gasteiger partial charge in [-0.1, -0.05) is 0 Å². The number of amides is 2. The number of carbonyl (C=O) groups is 5. The highest BCUT2D eigenvalue weighted by Crippen LogP contribution is 1.94. The third kappa shape index (κ3) is 23.3. The van der Waals surface area contributed by atoms with E-state index in [0.717, 1.165) is 0 Å². The molecule has 0 fully saturated rings. The van der Waals surface area contributed by atoms with Crippen molar-refractivity contribution in [2.75, 3.05) is 92.2 Å². The van der Waals surface area contributed by atoms with Crippen LogP contribution in [0.15, 0.2) is 0 Å². The van der Waals surface area contributed by atoms with Gasteiger partial charge in [-0.05, 0) is 0 Å². The second-order valence-electron chi connectivity index (χ2n) is 7.75. The van der Waals surface area contributed by atoms with Gasteiger partial charge in [0.15, 0.2) is 0 Å². The molecule has 0 saturated heterocycles. The van der Waals surface area contributed by atoms with Crippen molar-refractivity contribution in [1.82, 2.24) is 42.5 Å². The predicted octanol–water partition coefficient (Wildman–Crippen LogP) is -5.14. The Kier molecular flexibility index (Phi) is 21.7. The fourth-order valence-corrected chi connectivity index (χ4v) is 2.74. The van der Waals surface area contributed by atoms with E-state index in [2.05, 4.69) is 47.3 Å². The topological polar surface area (TPSA) is 231 Å². The largest absolute Gasteiger partial charge is 0.480 e. The van der Waals surface area contributed by atoms with Crippen LogP contribution < -0.4 is 42.5 Å². The Labute approximate surface area is 216 Å². The lowest BCUT2D eigenvalue weighted by atomic mass is 10.2. The Morgan fingerprint density at radius 1 is 0.622 bits per heavy atom. The molecule has 0 aromatic rings. The maximum Gasteiger partial charge on any atom is 0.321 e. The molecule has 0 rings (SSSR count). The van der Waals surface area contributed by atoms with E-state index in [1.165, 1.54) is 7.11 Å². The highest BCUT2D eigenvalue weighted by Gasteiger charge is 2.20. The number of hydrogen-bond donors (Lipinski definition) is 10. The van der Waals surface area contributed by atoms with E-state index in [9.17, 15) is 24.0 Å². The molecule has 37 heavy (non-hydrogen) atoms. The van der Waals surface area contributed by atoms with E-state index >= 15 is 0 Å². The molecule has 0 aliphatic rings. The van der Waals surface area contributed by atoms with Gasteiger partial charge in [0.25, 0.3) is 0 Å². The molecule has 16 heteroatoms. The summed E-state index contributed by atoms with van der Waals surface area (Å²) in [6, 6.07) is -1.01. The van der Waals surface area contributed by atoms with Crippen LogP contribution in [0.1, 0.15) is 6.42 Å². The normalized spacial score (nSPS) is 11.5. The monoisotopic (exact) mass is 534 g/mol. The molecule has 214 valence electrons. The summed E-state index contributed by atoms with van der Waals surface area (Å²) in [6.45, 7) is 5.10. The summed E-state index contributed by atoms with van der Waals surface area (Å²) in [5.74, 6) is -3.01. The number of ether oxygens (including phenoxy) is 1. The predicted molar refractivity (Wildman–Crippen MR) is 134 cm³/mol. The Morgan fingerprint density at radius 2 is 1.05 bits per heavy atom. The highest BCUT2D eigenvalue weighted by atomic mass is 16.5. The zero-order chi connectivity index (χ0) is 27.7. The quantitative estimate of drug-likeness (QED) is 0.0390. The van der Waals surface area contributed by atoms with Gasteiger partial charge < -0.3 is 57.5 Å². The van der Waals surface area contributed by atoms with Crippen LogP contribution in [0.4, 0.5) is 0 Å². The minimum Gasteiger partial charge on any atom is -0.480 e. The Balaban J connectivity index is 3.51. The van der Waals surface area contributed by atoms with Crippen LogP contribution >= 0.6 is 0 Å². The van der Waals surface area contributed by atoms with E-state index in [4.69, 9.17) is 10.2 Å². The van der Waals surface area contributed by atoms with Gasteiger partial charge in [0.2, 0.25) is 11.8 Å². The van der Waals surface area contributed by atoms with Crippen molar-refractivity contribution in [2.24, 2.45) is 0 Å². The molecule has 2 amide bonds. The van der Waals surface area contributed by atoms with Gasteiger partial charge in [0.05, 0.1) is 33.2 Å². The number of hydrogen-bond acceptors (Lipinski definition) is 12. The number of methoxy groups -OCH3 is 1. The van der Waals surface area contributed by atoms with E-state index in [-0.39, 0.29) is 37.9 Å². The van der Waals surface area contributed by atoms with Crippen molar-refractivity contribution in [3.05, 3.63) is 0 Å². The summed E-state index contributed by atoms with van der Waals surface area (Å²) in [5, 5.41) is 40.6. The maximum atomic E-state index is 11.8. The number of carboxylic acid groups (broad SMARTS) is 2. The van der Waals surface area contributed by atoms with Crippen LogP contribution in [0.25, 0.3) is 0 Å². The van der Waals surface area contributed by atoms with E-state index in [1.54, 1.807) is 0 Å². The first-order valence-electron chi connectivity index (χ1n) is 12.1. The van der Waals surface area contributed by atoms with Crippen LogP contribution in [-0.2, 0) is 28.7 Å². The minimum absolute atomic E-state index is 0.0749. The summed E-state index contributed by atoms with van der Waals surface area (Å²) in [4.78, 5) is 56.1. The van der Waals surface area contributed by atoms with Crippen LogP contribution in [0.3, 0.4) is 0 Å². The van der Waals surface area contributed by atoms with Gasteiger partial charge in [-0.15, -0.1) is 0 Å². The number of esters is 1. The van der Waals surface area contributed by atoms with Gasteiger partial charge in [-0.25, -0.2) is 0 Å². The van der Waals surface area contributed by atoms with Gasteiger partial charge in [-0.2, -0.15) is 0 Å². The summed E-state index contributed by atoms with van der Waals surface area (Å²) in [7, 11) is 1.20. The fraction of sp³-hybridized carbons (Fsp3) is 0.762. The molecule has 0 aliphatic heterocycles. The summed E-state index contributed by atoms with van der Waals surface area (Å²) in [6.07, 6.45) is -0.251. The fourth-order valence-electron chi connectivity index (χ4n) is 2.74. The molecule has 0 saturated carbocycles. The molecule has 0 aliphatic carbocycles. The number of carboxylic acids is 2. The molecule has 0 bridgehead atoms. The lowest BCUT2D eigenvalue weighted by Crippen LogP contribution is -2.43. The first-order valence-corrected chi connectivity index (χ1v) is 12.1. The Morgan fingerprint density at radius 3 is 1.49 bits per heavy atom.